The predicted molar refractivity (Wildman–Crippen MR) is 63.0 cm³/mol. The molecule has 0 unspecified atom stereocenters. The maximum Gasteiger partial charge on any atom is 0.330 e. The van der Waals surface area contributed by atoms with Crippen LogP contribution in [-0.2, 0) is 4.79 Å². The first-order valence-electron chi connectivity index (χ1n) is 5.48. The van der Waals surface area contributed by atoms with Crippen LogP contribution >= 0.6 is 0 Å². The minimum absolute atomic E-state index is 0.110. The summed E-state index contributed by atoms with van der Waals surface area (Å²) in [6.07, 6.45) is 3.49. The molecule has 0 saturated carbocycles. The summed E-state index contributed by atoms with van der Waals surface area (Å²) in [6.45, 7) is 7.86. The van der Waals surface area contributed by atoms with Gasteiger partial charge in [-0.15, -0.1) is 0 Å². The first-order valence-corrected chi connectivity index (χ1v) is 5.48. The number of rotatable bonds is 7. The van der Waals surface area contributed by atoms with Crippen LogP contribution < -0.4 is 0 Å². The van der Waals surface area contributed by atoms with Gasteiger partial charge in [-0.3, -0.25) is 0 Å². The van der Waals surface area contributed by atoms with E-state index < -0.39 is 5.97 Å². The third-order valence-corrected chi connectivity index (χ3v) is 3.46. The van der Waals surface area contributed by atoms with Gasteiger partial charge in [0.15, 0.2) is 0 Å². The fourth-order valence-electron chi connectivity index (χ4n) is 1.95. The lowest BCUT2D eigenvalue weighted by molar-refractivity contribution is -0.132. The molecule has 0 aromatic carbocycles. The smallest absolute Gasteiger partial charge is 0.330 e. The molecule has 0 aliphatic rings. The molecule has 88 valence electrons. The van der Waals surface area contributed by atoms with E-state index in [9.17, 15) is 4.79 Å². The summed E-state index contributed by atoms with van der Waals surface area (Å²) in [5.41, 5.74) is 0.418. The van der Waals surface area contributed by atoms with Gasteiger partial charge in [-0.25, -0.2) is 4.79 Å². The minimum Gasteiger partial charge on any atom is -0.478 e. The van der Waals surface area contributed by atoms with Crippen molar-refractivity contribution in [3.05, 3.63) is 12.2 Å². The molecule has 3 heteroatoms. The number of carbonyl (C=O) groups is 1. The molecule has 0 spiro atoms. The molecule has 0 aromatic rings. The first-order chi connectivity index (χ1) is 6.89. The number of carboxylic acid groups (broad SMARTS) is 1. The van der Waals surface area contributed by atoms with Crippen molar-refractivity contribution in [2.24, 2.45) is 0 Å². The Morgan fingerprint density at radius 2 is 1.80 bits per heavy atom. The molecule has 3 nitrogen and oxygen atoms in total. The summed E-state index contributed by atoms with van der Waals surface area (Å²) in [6, 6.07) is 0. The van der Waals surface area contributed by atoms with Crippen molar-refractivity contribution in [3.63, 3.8) is 0 Å². The molecule has 0 fully saturated rings. The second-order valence-electron chi connectivity index (χ2n) is 4.23. The van der Waals surface area contributed by atoms with E-state index in [1.165, 1.54) is 0 Å². The molecule has 0 aliphatic carbocycles. The zero-order valence-corrected chi connectivity index (χ0v) is 10.3. The number of hydrogen-bond acceptors (Lipinski definition) is 2. The highest BCUT2D eigenvalue weighted by Crippen LogP contribution is 2.28. The van der Waals surface area contributed by atoms with Crippen LogP contribution in [-0.4, -0.2) is 35.6 Å². The SMILES string of the molecule is C=C(CCC(CC)(CC)N(C)C)C(=O)O. The molecule has 1 N–H and O–H groups in total. The summed E-state index contributed by atoms with van der Waals surface area (Å²) in [7, 11) is 4.10. The number of carboxylic acids is 1. The van der Waals surface area contributed by atoms with Gasteiger partial charge in [-0.1, -0.05) is 20.4 Å². The molecule has 0 radical (unpaired) electrons. The third-order valence-electron chi connectivity index (χ3n) is 3.46. The van der Waals surface area contributed by atoms with Gasteiger partial charge in [0.2, 0.25) is 0 Å². The Morgan fingerprint density at radius 1 is 1.33 bits per heavy atom. The van der Waals surface area contributed by atoms with E-state index in [-0.39, 0.29) is 5.54 Å². The molecule has 0 heterocycles. The van der Waals surface area contributed by atoms with Crippen LogP contribution in [0.4, 0.5) is 0 Å². The lowest BCUT2D eigenvalue weighted by Crippen LogP contribution is -2.43. The molecule has 0 aliphatic heterocycles. The Morgan fingerprint density at radius 3 is 2.07 bits per heavy atom. The molecule has 0 aromatic heterocycles. The molecule has 0 atom stereocenters. The van der Waals surface area contributed by atoms with Gasteiger partial charge in [0.1, 0.15) is 0 Å². The second-order valence-corrected chi connectivity index (χ2v) is 4.23. The van der Waals surface area contributed by atoms with E-state index in [2.05, 4.69) is 39.4 Å². The van der Waals surface area contributed by atoms with Crippen molar-refractivity contribution in [3.8, 4) is 0 Å². The molecule has 0 saturated heterocycles. The molecular weight excluding hydrogens is 190 g/mol. The van der Waals surface area contributed by atoms with E-state index in [1.54, 1.807) is 0 Å². The third kappa shape index (κ3) is 3.67. The summed E-state index contributed by atoms with van der Waals surface area (Å²) in [5.74, 6) is -0.880. The number of aliphatic carboxylic acids is 1. The fourth-order valence-corrected chi connectivity index (χ4v) is 1.95. The van der Waals surface area contributed by atoms with Crippen molar-refractivity contribution in [2.75, 3.05) is 14.1 Å². The van der Waals surface area contributed by atoms with E-state index in [0.29, 0.717) is 12.0 Å². The van der Waals surface area contributed by atoms with Crippen molar-refractivity contribution in [2.45, 2.75) is 45.1 Å². The van der Waals surface area contributed by atoms with E-state index >= 15 is 0 Å². The molecule has 0 bridgehead atoms. The zero-order valence-electron chi connectivity index (χ0n) is 10.3. The van der Waals surface area contributed by atoms with Gasteiger partial charge in [-0.05, 0) is 39.8 Å². The van der Waals surface area contributed by atoms with Gasteiger partial charge < -0.3 is 10.0 Å². The van der Waals surface area contributed by atoms with E-state index in [0.717, 1.165) is 19.3 Å². The van der Waals surface area contributed by atoms with Crippen molar-refractivity contribution in [1.82, 2.24) is 4.90 Å². The standard InChI is InChI=1S/C12H23NO2/c1-6-12(7-2,13(4)5)9-8-10(3)11(14)15/h3,6-9H2,1-2,4-5H3,(H,14,15). The van der Waals surface area contributed by atoms with Gasteiger partial charge >= 0.3 is 5.97 Å². The Bertz CT molecular complexity index is 230. The summed E-state index contributed by atoms with van der Waals surface area (Å²) < 4.78 is 0. The van der Waals surface area contributed by atoms with Crippen molar-refractivity contribution >= 4 is 5.97 Å². The van der Waals surface area contributed by atoms with Crippen molar-refractivity contribution in [1.29, 1.82) is 0 Å². The average Bonchev–Trinajstić information content (AvgIpc) is 2.19. The lowest BCUT2D eigenvalue weighted by atomic mass is 9.85. The quantitative estimate of drug-likeness (QED) is 0.661. The minimum atomic E-state index is -0.880. The average molecular weight is 213 g/mol. The summed E-state index contributed by atoms with van der Waals surface area (Å²) >= 11 is 0. The zero-order chi connectivity index (χ0) is 12.1. The second kappa shape index (κ2) is 5.91. The summed E-state index contributed by atoms with van der Waals surface area (Å²) in [4.78, 5) is 12.8. The van der Waals surface area contributed by atoms with Crippen molar-refractivity contribution < 1.29 is 9.90 Å². The fraction of sp³-hybridized carbons (Fsp3) is 0.750. The monoisotopic (exact) mass is 213 g/mol. The van der Waals surface area contributed by atoms with Gasteiger partial charge in [0.05, 0.1) is 0 Å². The number of nitrogens with zero attached hydrogens (tertiary/aromatic N) is 1. The Kier molecular flexibility index (Phi) is 5.58. The molecule has 15 heavy (non-hydrogen) atoms. The largest absolute Gasteiger partial charge is 0.478 e. The normalized spacial score (nSPS) is 11.8. The highest BCUT2D eigenvalue weighted by Gasteiger charge is 2.28. The lowest BCUT2D eigenvalue weighted by Gasteiger charge is -2.39. The highest BCUT2D eigenvalue weighted by atomic mass is 16.4. The Hall–Kier alpha value is -0.830. The van der Waals surface area contributed by atoms with Gasteiger partial charge in [0, 0.05) is 11.1 Å². The summed E-state index contributed by atoms with van der Waals surface area (Å²) in [5, 5.41) is 8.75. The van der Waals surface area contributed by atoms with Crippen LogP contribution in [0.25, 0.3) is 0 Å². The van der Waals surface area contributed by atoms with Crippen LogP contribution in [0.1, 0.15) is 39.5 Å². The van der Waals surface area contributed by atoms with Crippen LogP contribution in [0.5, 0.6) is 0 Å². The van der Waals surface area contributed by atoms with Crippen LogP contribution in [0.15, 0.2) is 12.2 Å². The van der Waals surface area contributed by atoms with Gasteiger partial charge in [-0.2, -0.15) is 0 Å². The Balaban J connectivity index is 4.43. The first kappa shape index (κ1) is 14.2. The van der Waals surface area contributed by atoms with E-state index in [4.69, 9.17) is 5.11 Å². The van der Waals surface area contributed by atoms with E-state index in [1.807, 2.05) is 0 Å². The number of hydrogen-bond donors (Lipinski definition) is 1. The molecular formula is C12H23NO2. The maximum absolute atomic E-state index is 10.6. The Labute approximate surface area is 92.8 Å². The highest BCUT2D eigenvalue weighted by molar-refractivity contribution is 5.85. The topological polar surface area (TPSA) is 40.5 Å². The van der Waals surface area contributed by atoms with Crippen LogP contribution in [0.3, 0.4) is 0 Å². The van der Waals surface area contributed by atoms with Crippen LogP contribution in [0.2, 0.25) is 0 Å². The molecule has 0 amide bonds. The predicted octanol–water partition coefficient (Wildman–Crippen LogP) is 2.53. The van der Waals surface area contributed by atoms with Gasteiger partial charge in [0.25, 0.3) is 0 Å². The molecule has 0 rings (SSSR count). The maximum atomic E-state index is 10.6. The van der Waals surface area contributed by atoms with Crippen LogP contribution in [0, 0.1) is 0 Å².